The number of hydrogen-bond donors (Lipinski definition) is 0. The van der Waals surface area contributed by atoms with Crippen LogP contribution in [0, 0.1) is 0 Å². The van der Waals surface area contributed by atoms with Gasteiger partial charge in [0, 0.05) is 69.6 Å². The first-order valence-electron chi connectivity index (χ1n) is 34.1. The highest BCUT2D eigenvalue weighted by Crippen LogP contribution is 2.42. The standard InChI is InChI=1S/C77H106O14/c1-9-16-20-24-32-57-44-61-52-63-46-58(33-25-21-17-10-2)48-65(75(63)89-41-29-37-85-70(79)14-6)54-67-50-60(35-27-23-19-12-4)51-68(77(67)91-43-31-39-87-73(82)56-72(81)83-8)55-66-49-59(34-26-22-18-11-3)47-64(76(66)90-42-30-38-86-71(80)15-7)53-62(45-57)74(61)88-40-28-36-84-69(78)13-5/h13-15,44-51H,5-7,9-12,16-43,52-56H2,1-4,8H3. The van der Waals surface area contributed by atoms with E-state index in [4.69, 9.17) is 42.6 Å². The highest BCUT2D eigenvalue weighted by Gasteiger charge is 2.26. The molecule has 0 N–H and O–H groups in total. The van der Waals surface area contributed by atoms with Gasteiger partial charge in [0.05, 0.1) is 60.0 Å². The van der Waals surface area contributed by atoms with E-state index in [0.717, 1.165) is 196 Å². The first-order valence-corrected chi connectivity index (χ1v) is 34.1. The van der Waals surface area contributed by atoms with Gasteiger partial charge in [0.2, 0.25) is 0 Å². The SMILES string of the molecule is C=CC(=O)OCCCOc1c2cc(CCCCCC)cc1Cc1cc(CCCCCC)cc(c1OCCCOC(=O)C=C)Cc1cc(CCCCCC)cc(c1OCCCOC(=O)CC(=O)OC)Cc1cc(CCCCCC)cc(c1OCCCOC(=O)C=C)C2. The first kappa shape index (κ1) is 74.4. The lowest BCUT2D eigenvalue weighted by molar-refractivity contribution is -0.153. The quantitative estimate of drug-likeness (QED) is 0.0119. The van der Waals surface area contributed by atoms with E-state index in [1.807, 2.05) is 0 Å². The van der Waals surface area contributed by atoms with Gasteiger partial charge in [-0.25, -0.2) is 14.4 Å². The minimum atomic E-state index is -0.665. The molecule has 498 valence electrons. The Balaban J connectivity index is 1.90. The number of esters is 5. The summed E-state index contributed by atoms with van der Waals surface area (Å²) in [6, 6.07) is 18.5. The molecule has 0 amide bonds. The maximum atomic E-state index is 12.7. The van der Waals surface area contributed by atoms with Crippen molar-refractivity contribution in [2.24, 2.45) is 0 Å². The van der Waals surface area contributed by atoms with Gasteiger partial charge in [-0.2, -0.15) is 0 Å². The summed E-state index contributed by atoms with van der Waals surface area (Å²) < 4.78 is 55.1. The molecule has 0 saturated heterocycles. The Morgan fingerprint density at radius 3 is 0.791 bits per heavy atom. The molecule has 14 heteroatoms. The van der Waals surface area contributed by atoms with Crippen molar-refractivity contribution in [2.75, 3.05) is 60.0 Å². The van der Waals surface area contributed by atoms with Gasteiger partial charge in [-0.05, 0) is 118 Å². The van der Waals surface area contributed by atoms with Crippen LogP contribution < -0.4 is 18.9 Å². The third kappa shape index (κ3) is 27.2. The summed E-state index contributed by atoms with van der Waals surface area (Å²) in [5.41, 5.74) is 12.8. The van der Waals surface area contributed by atoms with Crippen LogP contribution in [0.15, 0.2) is 86.5 Å². The molecule has 4 aromatic rings. The molecule has 5 rings (SSSR count). The van der Waals surface area contributed by atoms with Crippen LogP contribution in [-0.2, 0) is 99.0 Å². The summed E-state index contributed by atoms with van der Waals surface area (Å²) in [4.78, 5) is 61.5. The molecule has 0 aliphatic heterocycles. The Labute approximate surface area is 544 Å². The first-order chi connectivity index (χ1) is 44.4. The zero-order chi connectivity index (χ0) is 65.4. The van der Waals surface area contributed by atoms with Crippen LogP contribution in [0.25, 0.3) is 0 Å². The van der Waals surface area contributed by atoms with Crippen LogP contribution in [-0.4, -0.2) is 89.8 Å². The molecule has 1 aliphatic rings. The van der Waals surface area contributed by atoms with Crippen LogP contribution in [0.2, 0.25) is 0 Å². The summed E-state index contributed by atoms with van der Waals surface area (Å²) in [6.45, 7) is 21.2. The van der Waals surface area contributed by atoms with Crippen molar-refractivity contribution >= 4 is 29.8 Å². The lowest BCUT2D eigenvalue weighted by Gasteiger charge is -2.25. The highest BCUT2D eigenvalue weighted by atomic mass is 16.6. The molecule has 8 bridgehead atoms. The topological polar surface area (TPSA) is 168 Å². The van der Waals surface area contributed by atoms with Gasteiger partial charge < -0.3 is 42.6 Å². The Bertz CT molecular complexity index is 2790. The van der Waals surface area contributed by atoms with Crippen molar-refractivity contribution in [2.45, 2.75) is 214 Å². The van der Waals surface area contributed by atoms with E-state index in [1.165, 1.54) is 47.6 Å². The maximum absolute atomic E-state index is 12.7. The van der Waals surface area contributed by atoms with E-state index in [2.05, 4.69) is 96.0 Å². The van der Waals surface area contributed by atoms with Crippen molar-refractivity contribution in [3.05, 3.63) is 153 Å². The molecule has 4 aromatic carbocycles. The predicted molar refractivity (Wildman–Crippen MR) is 360 cm³/mol. The minimum Gasteiger partial charge on any atom is -0.493 e. The van der Waals surface area contributed by atoms with Gasteiger partial charge in [-0.3, -0.25) is 9.59 Å². The second kappa shape index (κ2) is 43.4. The third-order valence-electron chi connectivity index (χ3n) is 16.2. The van der Waals surface area contributed by atoms with Crippen LogP contribution >= 0.6 is 0 Å². The summed E-state index contributed by atoms with van der Waals surface area (Å²) in [6.07, 6.45) is 27.5. The van der Waals surface area contributed by atoms with E-state index in [0.29, 0.717) is 51.4 Å². The van der Waals surface area contributed by atoms with Crippen molar-refractivity contribution in [1.82, 2.24) is 0 Å². The average Bonchev–Trinajstić information content (AvgIpc) is 1.02. The fraction of sp³-hybridized carbons (Fsp3) is 0.545. The molecule has 0 unspecified atom stereocenters. The molecule has 1 aliphatic carbocycles. The molecule has 0 spiro atoms. The van der Waals surface area contributed by atoms with Gasteiger partial charge in [-0.1, -0.05) is 173 Å². The number of ether oxygens (including phenoxy) is 9. The second-order valence-corrected chi connectivity index (χ2v) is 23.8. The molecule has 91 heavy (non-hydrogen) atoms. The summed E-state index contributed by atoms with van der Waals surface area (Å²) in [5.74, 6) is 0.199. The van der Waals surface area contributed by atoms with Gasteiger partial charge >= 0.3 is 29.8 Å². The van der Waals surface area contributed by atoms with E-state index in [9.17, 15) is 24.0 Å². The number of benzene rings is 4. The third-order valence-corrected chi connectivity index (χ3v) is 16.2. The molecule has 0 heterocycles. The molecule has 0 aromatic heterocycles. The Hall–Kier alpha value is -7.35. The smallest absolute Gasteiger partial charge is 0.330 e. The molecule has 0 saturated carbocycles. The molecule has 0 radical (unpaired) electrons. The van der Waals surface area contributed by atoms with Crippen molar-refractivity contribution in [3.8, 4) is 23.0 Å². The number of unbranched alkanes of at least 4 members (excludes halogenated alkanes) is 12. The Morgan fingerprint density at radius 1 is 0.330 bits per heavy atom. The van der Waals surface area contributed by atoms with E-state index >= 15 is 0 Å². The monoisotopic (exact) mass is 1250 g/mol. The highest BCUT2D eigenvalue weighted by molar-refractivity contribution is 5.91. The summed E-state index contributed by atoms with van der Waals surface area (Å²) in [7, 11) is 1.24. The number of rotatable bonds is 45. The number of carbonyl (C=O) groups excluding carboxylic acids is 5. The van der Waals surface area contributed by atoms with Crippen LogP contribution in [0.3, 0.4) is 0 Å². The normalized spacial score (nSPS) is 11.7. The Kier molecular flexibility index (Phi) is 35.5. The van der Waals surface area contributed by atoms with Crippen LogP contribution in [0.4, 0.5) is 0 Å². The Morgan fingerprint density at radius 2 is 0.571 bits per heavy atom. The number of methoxy groups -OCH3 is 1. The fourth-order valence-electron chi connectivity index (χ4n) is 11.6. The lowest BCUT2D eigenvalue weighted by Crippen LogP contribution is -2.15. The van der Waals surface area contributed by atoms with Crippen LogP contribution in [0.1, 0.15) is 229 Å². The zero-order valence-corrected chi connectivity index (χ0v) is 55.9. The number of carbonyl (C=O) groups is 5. The van der Waals surface area contributed by atoms with Crippen LogP contribution in [0.5, 0.6) is 23.0 Å². The largest absolute Gasteiger partial charge is 0.493 e. The second-order valence-electron chi connectivity index (χ2n) is 23.8. The van der Waals surface area contributed by atoms with Gasteiger partial charge in [-0.15, -0.1) is 0 Å². The van der Waals surface area contributed by atoms with E-state index in [1.54, 1.807) is 0 Å². The molecule has 0 atom stereocenters. The van der Waals surface area contributed by atoms with Crippen molar-refractivity contribution in [3.63, 3.8) is 0 Å². The maximum Gasteiger partial charge on any atom is 0.330 e. The number of hydrogen-bond acceptors (Lipinski definition) is 14. The zero-order valence-electron chi connectivity index (χ0n) is 55.9. The molecular formula is C77H106O14. The molecule has 0 fully saturated rings. The van der Waals surface area contributed by atoms with Gasteiger partial charge in [0.1, 0.15) is 29.4 Å². The number of aryl methyl sites for hydroxylation is 4. The number of fused-ring (bicyclic) bond motifs is 8. The van der Waals surface area contributed by atoms with Crippen molar-refractivity contribution < 1.29 is 66.6 Å². The lowest BCUT2D eigenvalue weighted by atomic mass is 9.87. The van der Waals surface area contributed by atoms with E-state index in [-0.39, 0.29) is 52.9 Å². The summed E-state index contributed by atoms with van der Waals surface area (Å²) >= 11 is 0. The van der Waals surface area contributed by atoms with E-state index < -0.39 is 36.3 Å². The minimum absolute atomic E-state index is 0.0398. The van der Waals surface area contributed by atoms with Gasteiger partial charge in [0.25, 0.3) is 0 Å². The van der Waals surface area contributed by atoms with Crippen molar-refractivity contribution in [1.29, 1.82) is 0 Å². The summed E-state index contributed by atoms with van der Waals surface area (Å²) in [5, 5.41) is 0. The molecule has 14 nitrogen and oxygen atoms in total. The predicted octanol–water partition coefficient (Wildman–Crippen LogP) is 16.2. The molecular weight excluding hydrogens is 1150 g/mol. The average molecular weight is 1260 g/mol. The van der Waals surface area contributed by atoms with Gasteiger partial charge in [0.15, 0.2) is 0 Å². The fourth-order valence-corrected chi connectivity index (χ4v) is 11.6.